The molecule has 1 aliphatic rings. The van der Waals surface area contributed by atoms with E-state index in [2.05, 4.69) is 11.9 Å². The molecule has 1 unspecified atom stereocenters. The van der Waals surface area contributed by atoms with Gasteiger partial charge >= 0.3 is 0 Å². The molecule has 13 heavy (non-hydrogen) atoms. The van der Waals surface area contributed by atoms with Crippen LogP contribution in [0.25, 0.3) is 0 Å². The van der Waals surface area contributed by atoms with Crippen molar-refractivity contribution in [2.45, 2.75) is 32.3 Å². The summed E-state index contributed by atoms with van der Waals surface area (Å²) in [5.74, 6) is 0.507. The summed E-state index contributed by atoms with van der Waals surface area (Å²) in [6, 6.07) is 1.95. The van der Waals surface area contributed by atoms with Crippen LogP contribution in [-0.2, 0) is 6.42 Å². The van der Waals surface area contributed by atoms with E-state index in [-0.39, 0.29) is 6.10 Å². The summed E-state index contributed by atoms with van der Waals surface area (Å²) < 4.78 is 0. The molecule has 1 fully saturated rings. The number of aliphatic hydroxyl groups is 1. The summed E-state index contributed by atoms with van der Waals surface area (Å²) in [4.78, 5) is 4.07. The van der Waals surface area contributed by atoms with Crippen molar-refractivity contribution in [3.63, 3.8) is 0 Å². The topological polar surface area (TPSA) is 33.1 Å². The number of hydrogen-bond donors (Lipinski definition) is 1. The Balaban J connectivity index is 2.26. The number of aliphatic hydroxyl groups excluding tert-OH is 1. The van der Waals surface area contributed by atoms with E-state index < -0.39 is 0 Å². The Kier molecular flexibility index (Phi) is 2.32. The summed E-state index contributed by atoms with van der Waals surface area (Å²) in [5, 5.41) is 9.94. The molecule has 1 saturated carbocycles. The second-order valence-electron chi connectivity index (χ2n) is 3.71. The van der Waals surface area contributed by atoms with Gasteiger partial charge in [0.25, 0.3) is 0 Å². The van der Waals surface area contributed by atoms with Gasteiger partial charge in [0, 0.05) is 12.4 Å². The lowest BCUT2D eigenvalue weighted by Crippen LogP contribution is -2.03. The number of nitrogens with zero attached hydrogens (tertiary/aromatic N) is 1. The monoisotopic (exact) mass is 177 g/mol. The van der Waals surface area contributed by atoms with Crippen LogP contribution < -0.4 is 0 Å². The highest BCUT2D eigenvalue weighted by Gasteiger charge is 2.31. The Labute approximate surface area is 78.6 Å². The molecule has 2 rings (SSSR count). The zero-order valence-corrected chi connectivity index (χ0v) is 7.90. The lowest BCUT2D eigenvalue weighted by Gasteiger charge is -2.12. The highest BCUT2D eigenvalue weighted by Crippen LogP contribution is 2.41. The number of hydrogen-bond acceptors (Lipinski definition) is 2. The van der Waals surface area contributed by atoms with Crippen molar-refractivity contribution in [2.75, 3.05) is 0 Å². The summed E-state index contributed by atoms with van der Waals surface area (Å²) in [6.45, 7) is 2.10. The Bertz CT molecular complexity index is 294. The van der Waals surface area contributed by atoms with E-state index in [1.807, 2.05) is 12.3 Å². The Morgan fingerprint density at radius 3 is 3.00 bits per heavy atom. The fourth-order valence-corrected chi connectivity index (χ4v) is 1.69. The van der Waals surface area contributed by atoms with Gasteiger partial charge in [0.05, 0.1) is 6.10 Å². The van der Waals surface area contributed by atoms with Crippen LogP contribution in [-0.4, -0.2) is 10.1 Å². The third kappa shape index (κ3) is 1.73. The van der Waals surface area contributed by atoms with Gasteiger partial charge in [0.2, 0.25) is 0 Å². The SMILES string of the molecule is CCc1cnccc1C(O)C1CC1. The van der Waals surface area contributed by atoms with Gasteiger partial charge in [-0.15, -0.1) is 0 Å². The normalized spacial score (nSPS) is 18.6. The lowest BCUT2D eigenvalue weighted by molar-refractivity contribution is 0.152. The van der Waals surface area contributed by atoms with E-state index in [0.29, 0.717) is 5.92 Å². The molecule has 70 valence electrons. The maximum atomic E-state index is 9.94. The van der Waals surface area contributed by atoms with Crippen molar-refractivity contribution in [3.8, 4) is 0 Å². The largest absolute Gasteiger partial charge is 0.388 e. The molecule has 0 spiro atoms. The molecule has 0 saturated heterocycles. The maximum Gasteiger partial charge on any atom is 0.0821 e. The molecule has 1 atom stereocenters. The fourth-order valence-electron chi connectivity index (χ4n) is 1.69. The predicted octanol–water partition coefficient (Wildman–Crippen LogP) is 2.09. The molecule has 0 radical (unpaired) electrons. The lowest BCUT2D eigenvalue weighted by atomic mass is 10.00. The smallest absolute Gasteiger partial charge is 0.0821 e. The van der Waals surface area contributed by atoms with Crippen LogP contribution in [0.1, 0.15) is 37.0 Å². The van der Waals surface area contributed by atoms with Crippen molar-refractivity contribution in [3.05, 3.63) is 29.6 Å². The van der Waals surface area contributed by atoms with Gasteiger partial charge in [-0.3, -0.25) is 4.98 Å². The molecule has 1 aromatic heterocycles. The Hall–Kier alpha value is -0.890. The third-order valence-corrected chi connectivity index (χ3v) is 2.71. The molecule has 2 nitrogen and oxygen atoms in total. The van der Waals surface area contributed by atoms with Gasteiger partial charge < -0.3 is 5.11 Å². The quantitative estimate of drug-likeness (QED) is 0.766. The van der Waals surface area contributed by atoms with E-state index in [4.69, 9.17) is 0 Å². The highest BCUT2D eigenvalue weighted by molar-refractivity contribution is 5.26. The average molecular weight is 177 g/mol. The van der Waals surface area contributed by atoms with Crippen molar-refractivity contribution < 1.29 is 5.11 Å². The first kappa shape index (κ1) is 8.70. The van der Waals surface area contributed by atoms with Crippen molar-refractivity contribution in [2.24, 2.45) is 5.92 Å². The first-order valence-electron chi connectivity index (χ1n) is 4.93. The second-order valence-corrected chi connectivity index (χ2v) is 3.71. The zero-order valence-electron chi connectivity index (χ0n) is 7.90. The number of aromatic nitrogens is 1. The number of pyridine rings is 1. The van der Waals surface area contributed by atoms with Crippen LogP contribution in [0.2, 0.25) is 0 Å². The molecule has 1 heterocycles. The summed E-state index contributed by atoms with van der Waals surface area (Å²) in [6.07, 6.45) is 6.67. The van der Waals surface area contributed by atoms with Gasteiger partial charge in [-0.1, -0.05) is 6.92 Å². The molecule has 0 aliphatic heterocycles. The van der Waals surface area contributed by atoms with Gasteiger partial charge in [-0.2, -0.15) is 0 Å². The summed E-state index contributed by atoms with van der Waals surface area (Å²) in [5.41, 5.74) is 2.27. The van der Waals surface area contributed by atoms with E-state index in [1.54, 1.807) is 6.20 Å². The Morgan fingerprint density at radius 1 is 1.62 bits per heavy atom. The van der Waals surface area contributed by atoms with Crippen molar-refractivity contribution in [1.82, 2.24) is 4.98 Å². The van der Waals surface area contributed by atoms with E-state index >= 15 is 0 Å². The van der Waals surface area contributed by atoms with Gasteiger partial charge in [-0.05, 0) is 42.4 Å². The maximum absolute atomic E-state index is 9.94. The molecule has 1 aromatic rings. The molecule has 0 aromatic carbocycles. The van der Waals surface area contributed by atoms with Gasteiger partial charge in [0.15, 0.2) is 0 Å². The standard InChI is InChI=1S/C11H15NO/c1-2-8-7-12-6-5-10(8)11(13)9-3-4-9/h5-7,9,11,13H,2-4H2,1H3. The first-order valence-corrected chi connectivity index (χ1v) is 4.93. The first-order chi connectivity index (χ1) is 6.33. The number of rotatable bonds is 3. The molecule has 2 heteroatoms. The van der Waals surface area contributed by atoms with Crippen LogP contribution in [0.4, 0.5) is 0 Å². The summed E-state index contributed by atoms with van der Waals surface area (Å²) in [7, 11) is 0. The van der Waals surface area contributed by atoms with Crippen LogP contribution in [0, 0.1) is 5.92 Å². The van der Waals surface area contributed by atoms with Crippen LogP contribution >= 0.6 is 0 Å². The molecule has 0 bridgehead atoms. The fraction of sp³-hybridized carbons (Fsp3) is 0.545. The minimum atomic E-state index is -0.252. The molecular weight excluding hydrogens is 162 g/mol. The van der Waals surface area contributed by atoms with Gasteiger partial charge in [-0.25, -0.2) is 0 Å². The van der Waals surface area contributed by atoms with E-state index in [0.717, 1.165) is 12.0 Å². The van der Waals surface area contributed by atoms with Crippen LogP contribution in [0.5, 0.6) is 0 Å². The predicted molar refractivity (Wildman–Crippen MR) is 51.3 cm³/mol. The van der Waals surface area contributed by atoms with E-state index in [9.17, 15) is 5.11 Å². The minimum Gasteiger partial charge on any atom is -0.388 e. The molecular formula is C11H15NO. The average Bonchev–Trinajstić information content (AvgIpc) is 3.00. The van der Waals surface area contributed by atoms with Crippen LogP contribution in [0.15, 0.2) is 18.5 Å². The minimum absolute atomic E-state index is 0.252. The van der Waals surface area contributed by atoms with Crippen molar-refractivity contribution >= 4 is 0 Å². The summed E-state index contributed by atoms with van der Waals surface area (Å²) >= 11 is 0. The second kappa shape index (κ2) is 3.46. The molecule has 1 aliphatic carbocycles. The van der Waals surface area contributed by atoms with Crippen LogP contribution in [0.3, 0.4) is 0 Å². The molecule has 0 amide bonds. The molecule has 1 N–H and O–H groups in total. The number of aryl methyl sites for hydroxylation is 1. The highest BCUT2D eigenvalue weighted by atomic mass is 16.3. The van der Waals surface area contributed by atoms with Crippen molar-refractivity contribution in [1.29, 1.82) is 0 Å². The zero-order chi connectivity index (χ0) is 9.26. The van der Waals surface area contributed by atoms with E-state index in [1.165, 1.54) is 18.4 Å². The van der Waals surface area contributed by atoms with Gasteiger partial charge in [0.1, 0.15) is 0 Å². The third-order valence-electron chi connectivity index (χ3n) is 2.71. The Morgan fingerprint density at radius 2 is 2.38 bits per heavy atom.